The van der Waals surface area contributed by atoms with Crippen LogP contribution in [0.15, 0.2) is 72.4 Å². The number of carbonyl (C=O) groups excluding carboxylic acids is 2. The van der Waals surface area contributed by atoms with E-state index in [1.54, 1.807) is 73.8 Å². The molecule has 1 N–H and O–H groups in total. The molecule has 1 heterocycles. The minimum atomic E-state index is -0.486. The normalized spacial score (nSPS) is 13.4. The van der Waals surface area contributed by atoms with Crippen molar-refractivity contribution in [1.82, 2.24) is 0 Å². The van der Waals surface area contributed by atoms with Crippen molar-refractivity contribution in [3.05, 3.63) is 94.1 Å². The van der Waals surface area contributed by atoms with Crippen LogP contribution >= 0.6 is 11.6 Å². The topological polar surface area (TPSA) is 82.4 Å². The Labute approximate surface area is 190 Å². The fraction of sp³-hybridized carbons (Fsp3) is 0.0800. The number of amides is 2. The van der Waals surface area contributed by atoms with E-state index in [4.69, 9.17) is 21.6 Å². The van der Waals surface area contributed by atoms with Gasteiger partial charge in [0, 0.05) is 10.7 Å². The van der Waals surface area contributed by atoms with Crippen LogP contribution < -0.4 is 15.0 Å². The second-order valence-electron chi connectivity index (χ2n) is 7.17. The minimum Gasteiger partial charge on any atom is -0.497 e. The van der Waals surface area contributed by atoms with Gasteiger partial charge in [0.05, 0.1) is 30.0 Å². The first kappa shape index (κ1) is 21.2. The van der Waals surface area contributed by atoms with Crippen molar-refractivity contribution in [2.24, 2.45) is 0 Å². The lowest BCUT2D eigenvalue weighted by molar-refractivity contribution is -0.120. The summed E-state index contributed by atoms with van der Waals surface area (Å²) in [5.41, 5.74) is 3.30. The zero-order valence-corrected chi connectivity index (χ0v) is 18.1. The molecule has 0 aliphatic carbocycles. The molecule has 6 nitrogen and oxygen atoms in total. The molecule has 2 amide bonds. The molecule has 0 bridgehead atoms. The van der Waals surface area contributed by atoms with Gasteiger partial charge in [0.2, 0.25) is 0 Å². The van der Waals surface area contributed by atoms with Crippen molar-refractivity contribution >= 4 is 40.4 Å². The van der Waals surface area contributed by atoms with E-state index >= 15 is 0 Å². The summed E-state index contributed by atoms with van der Waals surface area (Å²) in [6.45, 7) is 1.86. The molecule has 0 atom stereocenters. The standard InChI is InChI=1S/C25H18ClN3O3/c1-15-13-18(26)7-12-21(15)28-23-22(17-5-10-20(32-2)11-6-17)24(30)29(25(23)31)19-8-3-16(14-27)4-9-19/h3-13,28H,1-2H3. The summed E-state index contributed by atoms with van der Waals surface area (Å²) in [5.74, 6) is -0.308. The molecule has 158 valence electrons. The first-order chi connectivity index (χ1) is 15.4. The number of aryl methyl sites for hydroxylation is 1. The molecule has 1 aliphatic heterocycles. The Morgan fingerprint density at radius 2 is 1.66 bits per heavy atom. The smallest absolute Gasteiger partial charge is 0.282 e. The van der Waals surface area contributed by atoms with Crippen LogP contribution in [-0.2, 0) is 9.59 Å². The minimum absolute atomic E-state index is 0.162. The van der Waals surface area contributed by atoms with E-state index in [9.17, 15) is 9.59 Å². The zero-order chi connectivity index (χ0) is 22.8. The van der Waals surface area contributed by atoms with E-state index in [-0.39, 0.29) is 11.3 Å². The first-order valence-electron chi connectivity index (χ1n) is 9.73. The highest BCUT2D eigenvalue weighted by Gasteiger charge is 2.40. The number of nitrogens with zero attached hydrogens (tertiary/aromatic N) is 2. The highest BCUT2D eigenvalue weighted by molar-refractivity contribution is 6.46. The van der Waals surface area contributed by atoms with Crippen molar-refractivity contribution in [2.45, 2.75) is 6.92 Å². The maximum absolute atomic E-state index is 13.5. The third kappa shape index (κ3) is 3.82. The van der Waals surface area contributed by atoms with Gasteiger partial charge >= 0.3 is 0 Å². The summed E-state index contributed by atoms with van der Waals surface area (Å²) in [4.78, 5) is 28.0. The molecule has 3 aromatic rings. The van der Waals surface area contributed by atoms with Crippen molar-refractivity contribution in [3.8, 4) is 11.8 Å². The highest BCUT2D eigenvalue weighted by atomic mass is 35.5. The van der Waals surface area contributed by atoms with Crippen LogP contribution in [0.1, 0.15) is 16.7 Å². The predicted octanol–water partition coefficient (Wildman–Crippen LogP) is 4.93. The van der Waals surface area contributed by atoms with Gasteiger partial charge in [-0.15, -0.1) is 0 Å². The third-order valence-corrected chi connectivity index (χ3v) is 5.40. The van der Waals surface area contributed by atoms with Crippen LogP contribution in [0.5, 0.6) is 5.75 Å². The molecule has 4 rings (SSSR count). The van der Waals surface area contributed by atoms with Crippen molar-refractivity contribution in [1.29, 1.82) is 5.26 Å². The lowest BCUT2D eigenvalue weighted by atomic mass is 10.0. The number of hydrogen-bond acceptors (Lipinski definition) is 5. The Balaban J connectivity index is 1.81. The van der Waals surface area contributed by atoms with E-state index < -0.39 is 11.8 Å². The molecule has 7 heteroatoms. The summed E-state index contributed by atoms with van der Waals surface area (Å²) in [6.07, 6.45) is 0. The van der Waals surface area contributed by atoms with Gasteiger partial charge in [0.1, 0.15) is 11.4 Å². The summed E-state index contributed by atoms with van der Waals surface area (Å²) >= 11 is 6.06. The van der Waals surface area contributed by atoms with Crippen LogP contribution in [-0.4, -0.2) is 18.9 Å². The van der Waals surface area contributed by atoms with Crippen LogP contribution in [0, 0.1) is 18.3 Å². The quantitative estimate of drug-likeness (QED) is 0.565. The number of rotatable bonds is 5. The van der Waals surface area contributed by atoms with Gasteiger partial charge in [-0.25, -0.2) is 4.90 Å². The van der Waals surface area contributed by atoms with E-state index in [1.807, 2.05) is 13.0 Å². The monoisotopic (exact) mass is 443 g/mol. The van der Waals surface area contributed by atoms with Crippen LogP contribution in [0.3, 0.4) is 0 Å². The number of benzene rings is 3. The first-order valence-corrected chi connectivity index (χ1v) is 10.1. The summed E-state index contributed by atoms with van der Waals surface area (Å²) in [7, 11) is 1.56. The number of anilines is 2. The zero-order valence-electron chi connectivity index (χ0n) is 17.3. The van der Waals surface area contributed by atoms with E-state index in [1.165, 1.54) is 0 Å². The summed E-state index contributed by atoms with van der Waals surface area (Å²) in [6, 6.07) is 20.5. The van der Waals surface area contributed by atoms with Gasteiger partial charge in [-0.1, -0.05) is 23.7 Å². The number of hydrogen-bond donors (Lipinski definition) is 1. The number of carbonyl (C=O) groups is 2. The predicted molar refractivity (Wildman–Crippen MR) is 123 cm³/mol. The number of halogens is 1. The van der Waals surface area contributed by atoms with Gasteiger partial charge in [-0.05, 0) is 72.6 Å². The molecule has 32 heavy (non-hydrogen) atoms. The molecular formula is C25H18ClN3O3. The lowest BCUT2D eigenvalue weighted by Crippen LogP contribution is -2.32. The van der Waals surface area contributed by atoms with Crippen molar-refractivity contribution in [3.63, 3.8) is 0 Å². The maximum atomic E-state index is 13.5. The van der Waals surface area contributed by atoms with Crippen LogP contribution in [0.2, 0.25) is 5.02 Å². The maximum Gasteiger partial charge on any atom is 0.282 e. The van der Waals surface area contributed by atoms with Gasteiger partial charge < -0.3 is 10.1 Å². The van der Waals surface area contributed by atoms with Gasteiger partial charge in [-0.2, -0.15) is 5.26 Å². The summed E-state index contributed by atoms with van der Waals surface area (Å²) in [5, 5.41) is 12.8. The number of nitrogens with one attached hydrogen (secondary N) is 1. The molecule has 0 saturated heterocycles. The molecule has 0 aromatic heterocycles. The number of nitriles is 1. The molecule has 0 unspecified atom stereocenters. The third-order valence-electron chi connectivity index (χ3n) is 5.17. The second kappa shape index (κ2) is 8.58. The summed E-state index contributed by atoms with van der Waals surface area (Å²) < 4.78 is 5.21. The molecule has 3 aromatic carbocycles. The number of ether oxygens (including phenoxy) is 1. The molecule has 0 fully saturated rings. The SMILES string of the molecule is COc1ccc(C2=C(Nc3ccc(Cl)cc3C)C(=O)N(c3ccc(C#N)cc3)C2=O)cc1. The van der Waals surface area contributed by atoms with Gasteiger partial charge in [0.25, 0.3) is 11.8 Å². The second-order valence-corrected chi connectivity index (χ2v) is 7.60. The largest absolute Gasteiger partial charge is 0.497 e. The highest BCUT2D eigenvalue weighted by Crippen LogP contribution is 2.35. The van der Waals surface area contributed by atoms with E-state index in [0.29, 0.717) is 33.3 Å². The Morgan fingerprint density at radius 3 is 2.25 bits per heavy atom. The van der Waals surface area contributed by atoms with Crippen molar-refractivity contribution < 1.29 is 14.3 Å². The average molecular weight is 444 g/mol. The van der Waals surface area contributed by atoms with Crippen LogP contribution in [0.4, 0.5) is 11.4 Å². The molecular weight excluding hydrogens is 426 g/mol. The Morgan fingerprint density at radius 1 is 0.969 bits per heavy atom. The van der Waals surface area contributed by atoms with E-state index in [2.05, 4.69) is 5.32 Å². The number of imide groups is 1. The van der Waals surface area contributed by atoms with Crippen LogP contribution in [0.25, 0.3) is 5.57 Å². The average Bonchev–Trinajstić information content (AvgIpc) is 3.05. The Hall–Kier alpha value is -4.08. The molecule has 0 saturated carbocycles. The fourth-order valence-electron chi connectivity index (χ4n) is 3.49. The molecule has 1 aliphatic rings. The molecule has 0 radical (unpaired) electrons. The Kier molecular flexibility index (Phi) is 5.67. The molecule has 0 spiro atoms. The fourth-order valence-corrected chi connectivity index (χ4v) is 3.72. The number of methoxy groups -OCH3 is 1. The van der Waals surface area contributed by atoms with Gasteiger partial charge in [-0.3, -0.25) is 9.59 Å². The Bertz CT molecular complexity index is 1290. The van der Waals surface area contributed by atoms with Gasteiger partial charge in [0.15, 0.2) is 0 Å². The van der Waals surface area contributed by atoms with Crippen molar-refractivity contribution in [2.75, 3.05) is 17.3 Å². The lowest BCUT2D eigenvalue weighted by Gasteiger charge is -2.16. The van der Waals surface area contributed by atoms with E-state index in [0.717, 1.165) is 10.5 Å².